The van der Waals surface area contributed by atoms with Crippen molar-refractivity contribution in [1.82, 2.24) is 9.88 Å². The van der Waals surface area contributed by atoms with Crippen LogP contribution in [0.5, 0.6) is 0 Å². The van der Waals surface area contributed by atoms with E-state index in [0.717, 1.165) is 5.56 Å². The largest absolute Gasteiger partial charge is 0.481 e. The number of hydrogen-bond donors (Lipinski definition) is 1. The van der Waals surface area contributed by atoms with Crippen LogP contribution < -0.4 is 0 Å². The lowest BCUT2D eigenvalue weighted by Gasteiger charge is -2.36. The van der Waals surface area contributed by atoms with Crippen molar-refractivity contribution in [3.8, 4) is 0 Å². The van der Waals surface area contributed by atoms with Crippen LogP contribution in [0.25, 0.3) is 0 Å². The van der Waals surface area contributed by atoms with E-state index < -0.39 is 11.4 Å². The highest BCUT2D eigenvalue weighted by atomic mass is 16.4. The molecule has 102 valence electrons. The van der Waals surface area contributed by atoms with Gasteiger partial charge in [0.15, 0.2) is 0 Å². The number of carbonyl (C=O) groups excluding carboxylic acids is 1. The first kappa shape index (κ1) is 13.5. The molecule has 2 rings (SSSR count). The van der Waals surface area contributed by atoms with Gasteiger partial charge < -0.3 is 10.0 Å². The molecular weight excluding hydrogens is 244 g/mol. The molecule has 0 radical (unpaired) electrons. The van der Waals surface area contributed by atoms with Gasteiger partial charge in [0.25, 0.3) is 0 Å². The minimum atomic E-state index is -0.771. The van der Waals surface area contributed by atoms with Gasteiger partial charge in [-0.2, -0.15) is 0 Å². The molecule has 1 aromatic heterocycles. The molecule has 1 amide bonds. The first-order valence-corrected chi connectivity index (χ1v) is 6.41. The van der Waals surface area contributed by atoms with Crippen molar-refractivity contribution in [1.29, 1.82) is 0 Å². The summed E-state index contributed by atoms with van der Waals surface area (Å²) in [7, 11) is 0. The van der Waals surface area contributed by atoms with Gasteiger partial charge >= 0.3 is 5.97 Å². The normalized spacial score (nSPS) is 18.1. The Bertz CT molecular complexity index is 465. The zero-order valence-corrected chi connectivity index (χ0v) is 11.0. The van der Waals surface area contributed by atoms with Crippen molar-refractivity contribution >= 4 is 11.9 Å². The quantitative estimate of drug-likeness (QED) is 0.892. The summed E-state index contributed by atoms with van der Waals surface area (Å²) in [6.45, 7) is 2.78. The summed E-state index contributed by atoms with van der Waals surface area (Å²) in [5.41, 5.74) is 0.199. The lowest BCUT2D eigenvalue weighted by atomic mass is 9.80. The van der Waals surface area contributed by atoms with Crippen LogP contribution in [0.3, 0.4) is 0 Å². The van der Waals surface area contributed by atoms with Gasteiger partial charge in [-0.25, -0.2) is 0 Å². The number of aliphatic carboxylic acids is 1. The molecule has 0 spiro atoms. The van der Waals surface area contributed by atoms with Crippen LogP contribution in [0.2, 0.25) is 0 Å². The maximum Gasteiger partial charge on any atom is 0.309 e. The Morgan fingerprint density at radius 3 is 2.63 bits per heavy atom. The van der Waals surface area contributed by atoms with E-state index in [0.29, 0.717) is 32.4 Å². The Kier molecular flexibility index (Phi) is 3.83. The number of pyridine rings is 1. The first-order chi connectivity index (χ1) is 9.01. The highest BCUT2D eigenvalue weighted by Gasteiger charge is 2.37. The van der Waals surface area contributed by atoms with Gasteiger partial charge in [0.05, 0.1) is 11.8 Å². The summed E-state index contributed by atoms with van der Waals surface area (Å²) < 4.78 is 0. The number of rotatable bonds is 3. The zero-order valence-electron chi connectivity index (χ0n) is 11.0. The molecule has 0 unspecified atom stereocenters. The average Bonchev–Trinajstić information content (AvgIpc) is 2.40. The Hall–Kier alpha value is -1.91. The van der Waals surface area contributed by atoms with Crippen molar-refractivity contribution in [2.24, 2.45) is 5.41 Å². The topological polar surface area (TPSA) is 70.5 Å². The van der Waals surface area contributed by atoms with Gasteiger partial charge in [0, 0.05) is 25.5 Å². The van der Waals surface area contributed by atoms with Crippen molar-refractivity contribution in [2.75, 3.05) is 13.1 Å². The van der Waals surface area contributed by atoms with Crippen molar-refractivity contribution in [3.63, 3.8) is 0 Å². The molecule has 0 aliphatic carbocycles. The third-order valence-electron chi connectivity index (χ3n) is 3.81. The van der Waals surface area contributed by atoms with E-state index in [-0.39, 0.29) is 5.91 Å². The number of carbonyl (C=O) groups is 2. The molecule has 2 heterocycles. The summed E-state index contributed by atoms with van der Waals surface area (Å²) in [4.78, 5) is 29.0. The van der Waals surface area contributed by atoms with Gasteiger partial charge in [-0.15, -0.1) is 0 Å². The Morgan fingerprint density at radius 1 is 1.42 bits per heavy atom. The van der Waals surface area contributed by atoms with Crippen LogP contribution >= 0.6 is 0 Å². The van der Waals surface area contributed by atoms with E-state index >= 15 is 0 Å². The number of carboxylic acid groups (broad SMARTS) is 1. The SMILES string of the molecule is CC1(C(=O)O)CCN(C(=O)Cc2cccnc2)CC1. The fraction of sp³-hybridized carbons (Fsp3) is 0.500. The van der Waals surface area contributed by atoms with Gasteiger partial charge in [-0.1, -0.05) is 6.07 Å². The minimum absolute atomic E-state index is 0.0421. The number of likely N-dealkylation sites (tertiary alicyclic amines) is 1. The van der Waals surface area contributed by atoms with Crippen LogP contribution in [0.1, 0.15) is 25.3 Å². The molecule has 1 aliphatic heterocycles. The number of carboxylic acids is 1. The molecule has 1 N–H and O–H groups in total. The molecule has 1 fully saturated rings. The van der Waals surface area contributed by atoms with Crippen LogP contribution in [-0.2, 0) is 16.0 Å². The maximum atomic E-state index is 12.1. The second-order valence-corrected chi connectivity index (χ2v) is 5.28. The predicted octanol–water partition coefficient (Wildman–Crippen LogP) is 1.34. The number of nitrogens with zero attached hydrogens (tertiary/aromatic N) is 2. The number of aromatic nitrogens is 1. The number of hydrogen-bond acceptors (Lipinski definition) is 3. The lowest BCUT2D eigenvalue weighted by Crippen LogP contribution is -2.45. The summed E-state index contributed by atoms with van der Waals surface area (Å²) >= 11 is 0. The smallest absolute Gasteiger partial charge is 0.309 e. The summed E-state index contributed by atoms with van der Waals surface area (Å²) in [6, 6.07) is 3.68. The molecule has 0 atom stereocenters. The van der Waals surface area contributed by atoms with E-state index in [4.69, 9.17) is 5.11 Å². The molecule has 0 bridgehead atoms. The van der Waals surface area contributed by atoms with E-state index in [9.17, 15) is 9.59 Å². The van der Waals surface area contributed by atoms with Crippen LogP contribution in [-0.4, -0.2) is 40.0 Å². The van der Waals surface area contributed by atoms with Gasteiger partial charge in [-0.3, -0.25) is 14.6 Å². The number of amides is 1. The summed E-state index contributed by atoms with van der Waals surface area (Å²) in [6.07, 6.45) is 4.72. The van der Waals surface area contributed by atoms with Gasteiger partial charge in [-0.05, 0) is 31.4 Å². The highest BCUT2D eigenvalue weighted by Crippen LogP contribution is 2.31. The molecule has 0 aromatic carbocycles. The first-order valence-electron chi connectivity index (χ1n) is 6.41. The Morgan fingerprint density at radius 2 is 2.11 bits per heavy atom. The molecule has 1 saturated heterocycles. The zero-order chi connectivity index (χ0) is 13.9. The highest BCUT2D eigenvalue weighted by molar-refractivity contribution is 5.79. The molecular formula is C14H18N2O3. The van der Waals surface area contributed by atoms with Crippen molar-refractivity contribution in [2.45, 2.75) is 26.2 Å². The monoisotopic (exact) mass is 262 g/mol. The lowest BCUT2D eigenvalue weighted by molar-refractivity contribution is -0.152. The third kappa shape index (κ3) is 3.10. The van der Waals surface area contributed by atoms with E-state index in [1.54, 1.807) is 30.3 Å². The molecule has 0 saturated carbocycles. The van der Waals surface area contributed by atoms with Crippen molar-refractivity contribution in [3.05, 3.63) is 30.1 Å². The second kappa shape index (κ2) is 5.38. The fourth-order valence-corrected chi connectivity index (χ4v) is 2.25. The van der Waals surface area contributed by atoms with Crippen LogP contribution in [0, 0.1) is 5.41 Å². The third-order valence-corrected chi connectivity index (χ3v) is 3.81. The molecule has 1 aliphatic rings. The average molecular weight is 262 g/mol. The molecule has 5 nitrogen and oxygen atoms in total. The standard InChI is InChI=1S/C14H18N2O3/c1-14(13(18)19)4-7-16(8-5-14)12(17)9-11-3-2-6-15-10-11/h2-3,6,10H,4-5,7-9H2,1H3,(H,18,19). The summed E-state index contributed by atoms with van der Waals surface area (Å²) in [5, 5.41) is 9.15. The van der Waals surface area contributed by atoms with Gasteiger partial charge in [0.1, 0.15) is 0 Å². The van der Waals surface area contributed by atoms with E-state index in [1.807, 2.05) is 6.07 Å². The van der Waals surface area contributed by atoms with E-state index in [2.05, 4.69) is 4.98 Å². The van der Waals surface area contributed by atoms with Crippen molar-refractivity contribution < 1.29 is 14.7 Å². The number of piperidine rings is 1. The Balaban J connectivity index is 1.91. The maximum absolute atomic E-state index is 12.1. The second-order valence-electron chi connectivity index (χ2n) is 5.28. The molecule has 19 heavy (non-hydrogen) atoms. The van der Waals surface area contributed by atoms with Gasteiger partial charge in [0.2, 0.25) is 5.91 Å². The molecule has 1 aromatic rings. The fourth-order valence-electron chi connectivity index (χ4n) is 2.25. The van der Waals surface area contributed by atoms with Crippen LogP contribution in [0.15, 0.2) is 24.5 Å². The molecule has 5 heteroatoms. The predicted molar refractivity (Wildman–Crippen MR) is 69.5 cm³/mol. The van der Waals surface area contributed by atoms with Crippen LogP contribution in [0.4, 0.5) is 0 Å². The Labute approximate surface area is 112 Å². The minimum Gasteiger partial charge on any atom is -0.481 e. The van der Waals surface area contributed by atoms with E-state index in [1.165, 1.54) is 0 Å². The summed E-state index contributed by atoms with van der Waals surface area (Å²) in [5.74, 6) is -0.729.